The second-order valence-corrected chi connectivity index (χ2v) is 6.00. The van der Waals surface area contributed by atoms with Crippen molar-refractivity contribution in [2.45, 2.75) is 42.6 Å². The van der Waals surface area contributed by atoms with Gasteiger partial charge in [0.1, 0.15) is 0 Å². The van der Waals surface area contributed by atoms with Gasteiger partial charge >= 0.3 is 0 Å². The summed E-state index contributed by atoms with van der Waals surface area (Å²) in [5.74, 6) is 0.699. The number of rotatable bonds is 5. The number of nitrogens with zero attached hydrogens (tertiary/aromatic N) is 5. The Morgan fingerprint density at radius 3 is 2.67 bits per heavy atom. The van der Waals surface area contributed by atoms with E-state index in [1.54, 1.807) is 23.9 Å². The summed E-state index contributed by atoms with van der Waals surface area (Å²) in [6.45, 7) is 0. The summed E-state index contributed by atoms with van der Waals surface area (Å²) in [6, 6.07) is 7.01. The van der Waals surface area contributed by atoms with Gasteiger partial charge in [-0.3, -0.25) is 10.1 Å². The molecule has 0 amide bonds. The van der Waals surface area contributed by atoms with Crippen LogP contribution in [0, 0.1) is 10.1 Å². The van der Waals surface area contributed by atoms with Crippen LogP contribution in [-0.2, 0) is 5.75 Å². The van der Waals surface area contributed by atoms with Gasteiger partial charge in [-0.2, -0.15) is 0 Å². The summed E-state index contributed by atoms with van der Waals surface area (Å²) in [5, 5.41) is 23.4. The van der Waals surface area contributed by atoms with Crippen LogP contribution in [0.15, 0.2) is 29.4 Å². The minimum atomic E-state index is -0.391. The van der Waals surface area contributed by atoms with Crippen LogP contribution in [0.2, 0.25) is 0 Å². The molecular weight excluding hydrogens is 290 g/mol. The summed E-state index contributed by atoms with van der Waals surface area (Å²) < 4.78 is 1.92. The van der Waals surface area contributed by atoms with Gasteiger partial charge in [-0.1, -0.05) is 36.7 Å². The molecule has 0 unspecified atom stereocenters. The third-order valence-electron chi connectivity index (χ3n) is 3.65. The molecule has 2 aromatic rings. The van der Waals surface area contributed by atoms with Gasteiger partial charge < -0.3 is 0 Å². The van der Waals surface area contributed by atoms with E-state index in [-0.39, 0.29) is 5.69 Å². The van der Waals surface area contributed by atoms with E-state index >= 15 is 0 Å². The Kier molecular flexibility index (Phi) is 4.14. The van der Waals surface area contributed by atoms with Gasteiger partial charge in [0.2, 0.25) is 5.16 Å². The Bertz CT molecular complexity index is 622. The summed E-state index contributed by atoms with van der Waals surface area (Å²) in [6.07, 6.45) is 4.74. The second-order valence-electron chi connectivity index (χ2n) is 5.06. The third-order valence-corrected chi connectivity index (χ3v) is 4.65. The molecule has 0 N–H and O–H groups in total. The molecule has 1 aromatic heterocycles. The van der Waals surface area contributed by atoms with Gasteiger partial charge in [0, 0.05) is 17.9 Å². The van der Waals surface area contributed by atoms with Gasteiger partial charge in [-0.15, -0.1) is 5.10 Å². The maximum Gasteiger partial charge on any atom is 0.269 e. The number of hydrogen-bond donors (Lipinski definition) is 0. The van der Waals surface area contributed by atoms with E-state index in [0.717, 1.165) is 23.6 Å². The minimum Gasteiger partial charge on any atom is -0.258 e. The summed E-state index contributed by atoms with van der Waals surface area (Å²) in [7, 11) is 0. The van der Waals surface area contributed by atoms with Crippen molar-refractivity contribution in [3.63, 3.8) is 0 Å². The van der Waals surface area contributed by atoms with Crippen LogP contribution < -0.4 is 0 Å². The zero-order valence-corrected chi connectivity index (χ0v) is 12.2. The Morgan fingerprint density at radius 1 is 1.29 bits per heavy atom. The van der Waals surface area contributed by atoms with Crippen molar-refractivity contribution < 1.29 is 4.92 Å². The Morgan fingerprint density at radius 2 is 2.00 bits per heavy atom. The smallest absolute Gasteiger partial charge is 0.258 e. The Hall–Kier alpha value is -1.96. The van der Waals surface area contributed by atoms with Crippen molar-refractivity contribution in [2.24, 2.45) is 0 Å². The molecule has 1 fully saturated rings. The zero-order valence-electron chi connectivity index (χ0n) is 11.4. The molecule has 21 heavy (non-hydrogen) atoms. The summed E-state index contributed by atoms with van der Waals surface area (Å²) >= 11 is 1.56. The molecule has 110 valence electrons. The largest absolute Gasteiger partial charge is 0.269 e. The number of nitro groups is 1. The quantitative estimate of drug-likeness (QED) is 0.479. The Labute approximate surface area is 125 Å². The molecule has 1 aliphatic rings. The highest BCUT2D eigenvalue weighted by Crippen LogP contribution is 2.32. The molecule has 0 spiro atoms. The molecule has 1 saturated carbocycles. The van der Waals surface area contributed by atoms with E-state index in [1.165, 1.54) is 25.0 Å². The molecule has 0 bridgehead atoms. The lowest BCUT2D eigenvalue weighted by molar-refractivity contribution is -0.384. The van der Waals surface area contributed by atoms with Crippen molar-refractivity contribution in [3.05, 3.63) is 39.9 Å². The topological polar surface area (TPSA) is 86.7 Å². The zero-order chi connectivity index (χ0) is 14.7. The van der Waals surface area contributed by atoms with Gasteiger partial charge in [-0.25, -0.2) is 4.68 Å². The molecule has 7 nitrogen and oxygen atoms in total. The average Bonchev–Trinajstić information content (AvgIpc) is 3.16. The van der Waals surface area contributed by atoms with Crippen LogP contribution >= 0.6 is 11.8 Å². The monoisotopic (exact) mass is 305 g/mol. The SMILES string of the molecule is O=[N+]([O-])c1ccc(CSc2nnnn2C2CCCC2)cc1. The number of nitro benzene ring substituents is 1. The molecule has 0 radical (unpaired) electrons. The molecule has 3 rings (SSSR count). The van der Waals surface area contributed by atoms with Crippen LogP contribution in [-0.4, -0.2) is 25.1 Å². The number of non-ortho nitro benzene ring substituents is 1. The maximum absolute atomic E-state index is 10.6. The van der Waals surface area contributed by atoms with E-state index in [9.17, 15) is 10.1 Å². The first-order valence-electron chi connectivity index (χ1n) is 6.88. The minimum absolute atomic E-state index is 0.111. The van der Waals surface area contributed by atoms with Crippen LogP contribution in [0.4, 0.5) is 5.69 Å². The van der Waals surface area contributed by atoms with Gasteiger partial charge in [0.05, 0.1) is 11.0 Å². The normalized spacial score (nSPS) is 15.4. The van der Waals surface area contributed by atoms with Crippen molar-refractivity contribution in [1.29, 1.82) is 0 Å². The molecule has 1 heterocycles. The summed E-state index contributed by atoms with van der Waals surface area (Å²) in [4.78, 5) is 10.2. The highest BCUT2D eigenvalue weighted by atomic mass is 32.2. The van der Waals surface area contributed by atoms with Crippen LogP contribution in [0.3, 0.4) is 0 Å². The van der Waals surface area contributed by atoms with Gasteiger partial charge in [0.25, 0.3) is 5.69 Å². The first kappa shape index (κ1) is 14.0. The first-order valence-corrected chi connectivity index (χ1v) is 7.86. The van der Waals surface area contributed by atoms with Crippen molar-refractivity contribution in [2.75, 3.05) is 0 Å². The number of thioether (sulfide) groups is 1. The molecule has 1 aliphatic carbocycles. The number of aromatic nitrogens is 4. The number of hydrogen-bond acceptors (Lipinski definition) is 6. The van der Waals surface area contributed by atoms with Crippen LogP contribution in [0.5, 0.6) is 0 Å². The lowest BCUT2D eigenvalue weighted by atomic mass is 10.2. The Balaban J connectivity index is 1.65. The summed E-state index contributed by atoms with van der Waals surface area (Å²) in [5.41, 5.74) is 1.13. The molecule has 8 heteroatoms. The molecule has 0 aliphatic heterocycles. The van der Waals surface area contributed by atoms with Crippen LogP contribution in [0.25, 0.3) is 0 Å². The first-order chi connectivity index (χ1) is 10.2. The standard InChI is InChI=1S/C13H15N5O2S/c19-18(20)12-7-5-10(6-8-12)9-21-13-14-15-16-17(13)11-3-1-2-4-11/h5-8,11H,1-4,9H2. The number of tetrazole rings is 1. The van der Waals surface area contributed by atoms with Gasteiger partial charge in [0.15, 0.2) is 0 Å². The lowest BCUT2D eigenvalue weighted by Crippen LogP contribution is -2.08. The highest BCUT2D eigenvalue weighted by molar-refractivity contribution is 7.98. The van der Waals surface area contributed by atoms with Crippen LogP contribution in [0.1, 0.15) is 37.3 Å². The van der Waals surface area contributed by atoms with E-state index in [4.69, 9.17) is 0 Å². The van der Waals surface area contributed by atoms with E-state index in [1.807, 2.05) is 4.68 Å². The maximum atomic E-state index is 10.6. The predicted molar refractivity (Wildman–Crippen MR) is 78.0 cm³/mol. The molecule has 1 aromatic carbocycles. The van der Waals surface area contributed by atoms with E-state index < -0.39 is 4.92 Å². The third kappa shape index (κ3) is 3.21. The second kappa shape index (κ2) is 6.21. The van der Waals surface area contributed by atoms with Crippen molar-refractivity contribution >= 4 is 17.4 Å². The van der Waals surface area contributed by atoms with Crippen molar-refractivity contribution in [1.82, 2.24) is 20.2 Å². The molecule has 0 atom stereocenters. The van der Waals surface area contributed by atoms with Gasteiger partial charge in [-0.05, 0) is 28.8 Å². The number of benzene rings is 1. The molecular formula is C13H15N5O2S. The average molecular weight is 305 g/mol. The van der Waals surface area contributed by atoms with E-state index in [0.29, 0.717) is 11.8 Å². The fraction of sp³-hybridized carbons (Fsp3) is 0.462. The molecule has 0 saturated heterocycles. The fourth-order valence-corrected chi connectivity index (χ4v) is 3.42. The lowest BCUT2D eigenvalue weighted by Gasteiger charge is -2.10. The van der Waals surface area contributed by atoms with Crippen molar-refractivity contribution in [3.8, 4) is 0 Å². The predicted octanol–water partition coefficient (Wildman–Crippen LogP) is 2.99. The highest BCUT2D eigenvalue weighted by Gasteiger charge is 2.21. The fourth-order valence-electron chi connectivity index (χ4n) is 2.52. The van der Waals surface area contributed by atoms with E-state index in [2.05, 4.69) is 15.5 Å².